The van der Waals surface area contributed by atoms with Crippen LogP contribution in [0.2, 0.25) is 0 Å². The number of hydrogen-bond donors (Lipinski definition) is 1. The fraction of sp³-hybridized carbons (Fsp3) is 1.00. The number of methoxy groups -OCH3 is 1. The van der Waals surface area contributed by atoms with Gasteiger partial charge in [-0.1, -0.05) is 27.2 Å². The molecule has 0 heterocycles. The summed E-state index contributed by atoms with van der Waals surface area (Å²) in [5.41, 5.74) is 6.09. The van der Waals surface area contributed by atoms with E-state index in [4.69, 9.17) is 10.5 Å². The van der Waals surface area contributed by atoms with E-state index in [1.54, 1.807) is 7.11 Å². The van der Waals surface area contributed by atoms with Gasteiger partial charge in [-0.15, -0.1) is 0 Å². The fourth-order valence-corrected chi connectivity index (χ4v) is 1.38. The number of rotatable bonds is 8. The summed E-state index contributed by atoms with van der Waals surface area (Å²) in [7, 11) is 1.74. The smallest absolute Gasteiger partial charge is 0.0589 e. The summed E-state index contributed by atoms with van der Waals surface area (Å²) < 4.78 is 5.06. The predicted molar refractivity (Wildman–Crippen MR) is 61.4 cm³/mol. The molecule has 0 aromatic rings. The molecule has 0 bridgehead atoms. The SMILES string of the molecule is CCC(C)C(N)CN(CC)CCOC. The molecule has 0 spiro atoms. The lowest BCUT2D eigenvalue weighted by atomic mass is 10.00. The van der Waals surface area contributed by atoms with Gasteiger partial charge in [0.1, 0.15) is 0 Å². The summed E-state index contributed by atoms with van der Waals surface area (Å²) in [4.78, 5) is 2.35. The van der Waals surface area contributed by atoms with E-state index < -0.39 is 0 Å². The van der Waals surface area contributed by atoms with Crippen molar-refractivity contribution in [2.24, 2.45) is 11.7 Å². The highest BCUT2D eigenvalue weighted by Gasteiger charge is 2.13. The van der Waals surface area contributed by atoms with Crippen LogP contribution in [0, 0.1) is 5.92 Å². The van der Waals surface area contributed by atoms with Crippen LogP contribution < -0.4 is 5.73 Å². The lowest BCUT2D eigenvalue weighted by Crippen LogP contribution is -2.42. The van der Waals surface area contributed by atoms with Gasteiger partial charge >= 0.3 is 0 Å². The van der Waals surface area contributed by atoms with Gasteiger partial charge in [-0.25, -0.2) is 0 Å². The third-order valence-electron chi connectivity index (χ3n) is 2.90. The van der Waals surface area contributed by atoms with Crippen LogP contribution in [0.3, 0.4) is 0 Å². The van der Waals surface area contributed by atoms with Gasteiger partial charge in [-0.2, -0.15) is 0 Å². The highest BCUT2D eigenvalue weighted by atomic mass is 16.5. The Morgan fingerprint density at radius 1 is 1.36 bits per heavy atom. The maximum atomic E-state index is 6.09. The molecule has 2 N–H and O–H groups in total. The van der Waals surface area contributed by atoms with Gasteiger partial charge in [-0.3, -0.25) is 4.90 Å². The summed E-state index contributed by atoms with van der Waals surface area (Å²) in [6, 6.07) is 0.289. The summed E-state index contributed by atoms with van der Waals surface area (Å²) in [6.07, 6.45) is 1.16. The molecule has 2 atom stereocenters. The van der Waals surface area contributed by atoms with Crippen LogP contribution in [-0.4, -0.2) is 44.3 Å². The molecule has 0 aliphatic heterocycles. The zero-order valence-corrected chi connectivity index (χ0v) is 10.1. The monoisotopic (exact) mass is 202 g/mol. The number of ether oxygens (including phenoxy) is 1. The Balaban J connectivity index is 3.79. The van der Waals surface area contributed by atoms with Crippen molar-refractivity contribution in [3.8, 4) is 0 Å². The second-order valence-corrected chi connectivity index (χ2v) is 3.94. The molecule has 2 unspecified atom stereocenters. The van der Waals surface area contributed by atoms with Crippen molar-refractivity contribution in [1.29, 1.82) is 0 Å². The molecule has 0 aromatic heterocycles. The number of nitrogens with zero attached hydrogens (tertiary/aromatic N) is 1. The van der Waals surface area contributed by atoms with Gasteiger partial charge in [0, 0.05) is 26.2 Å². The number of hydrogen-bond acceptors (Lipinski definition) is 3. The Labute approximate surface area is 88.6 Å². The van der Waals surface area contributed by atoms with Gasteiger partial charge in [0.05, 0.1) is 6.61 Å². The van der Waals surface area contributed by atoms with Crippen molar-refractivity contribution in [1.82, 2.24) is 4.90 Å². The predicted octanol–water partition coefficient (Wildman–Crippen LogP) is 1.33. The Bertz CT molecular complexity index is 130. The van der Waals surface area contributed by atoms with Crippen molar-refractivity contribution in [2.45, 2.75) is 33.2 Å². The maximum Gasteiger partial charge on any atom is 0.0589 e. The Morgan fingerprint density at radius 2 is 2.00 bits per heavy atom. The van der Waals surface area contributed by atoms with Crippen LogP contribution in [-0.2, 0) is 4.74 Å². The molecule has 14 heavy (non-hydrogen) atoms. The molecule has 0 aliphatic carbocycles. The van der Waals surface area contributed by atoms with E-state index in [1.165, 1.54) is 0 Å². The van der Waals surface area contributed by atoms with Crippen molar-refractivity contribution < 1.29 is 4.74 Å². The van der Waals surface area contributed by atoms with Crippen LogP contribution in [0.5, 0.6) is 0 Å². The first-order valence-electron chi connectivity index (χ1n) is 5.62. The zero-order chi connectivity index (χ0) is 11.0. The van der Waals surface area contributed by atoms with E-state index in [9.17, 15) is 0 Å². The van der Waals surface area contributed by atoms with Crippen LogP contribution in [0.15, 0.2) is 0 Å². The topological polar surface area (TPSA) is 38.5 Å². The van der Waals surface area contributed by atoms with Gasteiger partial charge in [0.2, 0.25) is 0 Å². The molecule has 0 saturated carbocycles. The normalized spacial score (nSPS) is 15.9. The van der Waals surface area contributed by atoms with Gasteiger partial charge < -0.3 is 10.5 Å². The van der Waals surface area contributed by atoms with E-state index in [0.717, 1.165) is 32.7 Å². The van der Waals surface area contributed by atoms with Gasteiger partial charge in [0.25, 0.3) is 0 Å². The minimum absolute atomic E-state index is 0.289. The molecular weight excluding hydrogens is 176 g/mol. The highest BCUT2D eigenvalue weighted by molar-refractivity contribution is 4.72. The third kappa shape index (κ3) is 5.58. The highest BCUT2D eigenvalue weighted by Crippen LogP contribution is 2.06. The largest absolute Gasteiger partial charge is 0.383 e. The van der Waals surface area contributed by atoms with Crippen molar-refractivity contribution in [3.05, 3.63) is 0 Å². The molecule has 0 saturated heterocycles. The fourth-order valence-electron chi connectivity index (χ4n) is 1.38. The van der Waals surface area contributed by atoms with Crippen LogP contribution in [0.1, 0.15) is 27.2 Å². The first-order valence-corrected chi connectivity index (χ1v) is 5.62. The van der Waals surface area contributed by atoms with E-state index >= 15 is 0 Å². The third-order valence-corrected chi connectivity index (χ3v) is 2.90. The Morgan fingerprint density at radius 3 is 2.43 bits per heavy atom. The van der Waals surface area contributed by atoms with Gasteiger partial charge in [-0.05, 0) is 12.5 Å². The summed E-state index contributed by atoms with van der Waals surface area (Å²) >= 11 is 0. The van der Waals surface area contributed by atoms with E-state index in [-0.39, 0.29) is 6.04 Å². The van der Waals surface area contributed by atoms with E-state index in [0.29, 0.717) is 5.92 Å². The molecule has 3 heteroatoms. The van der Waals surface area contributed by atoms with Crippen molar-refractivity contribution in [2.75, 3.05) is 33.4 Å². The van der Waals surface area contributed by atoms with E-state index in [2.05, 4.69) is 25.7 Å². The summed E-state index contributed by atoms with van der Waals surface area (Å²) in [5, 5.41) is 0. The molecule has 3 nitrogen and oxygen atoms in total. The minimum Gasteiger partial charge on any atom is -0.383 e. The van der Waals surface area contributed by atoms with Crippen LogP contribution in [0.4, 0.5) is 0 Å². The standard InChI is InChI=1S/C11H26N2O/c1-5-10(3)11(12)9-13(6-2)7-8-14-4/h10-11H,5-9,12H2,1-4H3. The lowest BCUT2D eigenvalue weighted by Gasteiger charge is -2.26. The summed E-state index contributed by atoms with van der Waals surface area (Å²) in [5.74, 6) is 0.603. The average molecular weight is 202 g/mol. The lowest BCUT2D eigenvalue weighted by molar-refractivity contribution is 0.142. The molecule has 86 valence electrons. The number of likely N-dealkylation sites (N-methyl/N-ethyl adjacent to an activating group) is 1. The molecule has 0 amide bonds. The first-order chi connectivity index (χ1) is 6.65. The second-order valence-electron chi connectivity index (χ2n) is 3.94. The van der Waals surface area contributed by atoms with Crippen LogP contribution in [0.25, 0.3) is 0 Å². The molecule has 0 aliphatic rings. The maximum absolute atomic E-state index is 6.09. The Hall–Kier alpha value is -0.120. The zero-order valence-electron chi connectivity index (χ0n) is 10.1. The molecule has 0 rings (SSSR count). The molecule has 0 fully saturated rings. The van der Waals surface area contributed by atoms with Gasteiger partial charge in [0.15, 0.2) is 0 Å². The van der Waals surface area contributed by atoms with Crippen molar-refractivity contribution >= 4 is 0 Å². The Kier molecular flexibility index (Phi) is 8.14. The van der Waals surface area contributed by atoms with Crippen molar-refractivity contribution in [3.63, 3.8) is 0 Å². The number of nitrogens with two attached hydrogens (primary N) is 1. The molecular formula is C11H26N2O. The van der Waals surface area contributed by atoms with E-state index in [1.807, 2.05) is 0 Å². The molecule has 0 aromatic carbocycles. The molecule has 0 radical (unpaired) electrons. The minimum atomic E-state index is 0.289. The first kappa shape index (κ1) is 13.9. The quantitative estimate of drug-likeness (QED) is 0.645. The van der Waals surface area contributed by atoms with Crippen LogP contribution >= 0.6 is 0 Å². The summed E-state index contributed by atoms with van der Waals surface area (Å²) in [6.45, 7) is 10.4. The second kappa shape index (κ2) is 8.21. The average Bonchev–Trinajstić information content (AvgIpc) is 2.22.